The molecular weight excluding hydrogens is 224 g/mol. The molecule has 1 rings (SSSR count). The zero-order valence-corrected chi connectivity index (χ0v) is 9.97. The van der Waals surface area contributed by atoms with E-state index in [-0.39, 0.29) is 17.5 Å². The van der Waals surface area contributed by atoms with Crippen molar-refractivity contribution in [1.29, 1.82) is 0 Å². The van der Waals surface area contributed by atoms with Crippen LogP contribution in [0.5, 0.6) is 0 Å². The molecule has 7 heteroatoms. The van der Waals surface area contributed by atoms with Gasteiger partial charge >= 0.3 is 0 Å². The summed E-state index contributed by atoms with van der Waals surface area (Å²) in [4.78, 5) is 15.6. The van der Waals surface area contributed by atoms with Crippen LogP contribution >= 0.6 is 0 Å². The number of carbonyl (C=O) groups is 1. The SMILES string of the molecule is Cc1ncoc1C(=O)NC(C(N)=NO)C(C)C. The van der Waals surface area contributed by atoms with E-state index >= 15 is 0 Å². The van der Waals surface area contributed by atoms with Crippen molar-refractivity contribution in [2.45, 2.75) is 26.8 Å². The monoisotopic (exact) mass is 240 g/mol. The molecule has 0 aromatic carbocycles. The highest BCUT2D eigenvalue weighted by atomic mass is 16.4. The average molecular weight is 240 g/mol. The van der Waals surface area contributed by atoms with E-state index in [1.165, 1.54) is 6.39 Å². The summed E-state index contributed by atoms with van der Waals surface area (Å²) in [5, 5.41) is 14.2. The minimum atomic E-state index is -0.558. The fourth-order valence-electron chi connectivity index (χ4n) is 1.37. The van der Waals surface area contributed by atoms with Gasteiger partial charge in [0, 0.05) is 0 Å². The van der Waals surface area contributed by atoms with Crippen molar-refractivity contribution < 1.29 is 14.4 Å². The molecule has 0 fully saturated rings. The van der Waals surface area contributed by atoms with Crippen molar-refractivity contribution in [3.8, 4) is 0 Å². The lowest BCUT2D eigenvalue weighted by Crippen LogP contribution is -2.47. The van der Waals surface area contributed by atoms with E-state index in [0.717, 1.165) is 0 Å². The summed E-state index contributed by atoms with van der Waals surface area (Å²) >= 11 is 0. The molecule has 1 heterocycles. The van der Waals surface area contributed by atoms with Gasteiger partial charge in [-0.2, -0.15) is 0 Å². The van der Waals surface area contributed by atoms with E-state index in [1.807, 2.05) is 13.8 Å². The molecule has 1 aromatic rings. The predicted octanol–water partition coefficient (Wildman–Crippen LogP) is 0.484. The topological polar surface area (TPSA) is 114 Å². The number of amidine groups is 1. The van der Waals surface area contributed by atoms with E-state index in [0.29, 0.717) is 5.69 Å². The van der Waals surface area contributed by atoms with Gasteiger partial charge in [0.1, 0.15) is 0 Å². The second kappa shape index (κ2) is 5.33. The van der Waals surface area contributed by atoms with Crippen LogP contribution in [0.4, 0.5) is 0 Å². The third kappa shape index (κ3) is 2.96. The Morgan fingerprint density at radius 2 is 2.29 bits per heavy atom. The maximum atomic E-state index is 11.8. The molecule has 1 amide bonds. The molecule has 0 aliphatic rings. The normalized spacial score (nSPS) is 13.8. The van der Waals surface area contributed by atoms with Crippen molar-refractivity contribution in [2.24, 2.45) is 16.8 Å². The maximum Gasteiger partial charge on any atom is 0.289 e. The van der Waals surface area contributed by atoms with Crippen molar-refractivity contribution >= 4 is 11.7 Å². The first-order chi connectivity index (χ1) is 7.97. The van der Waals surface area contributed by atoms with Gasteiger partial charge in [0.2, 0.25) is 5.76 Å². The number of nitrogens with two attached hydrogens (primary N) is 1. The van der Waals surface area contributed by atoms with E-state index < -0.39 is 11.9 Å². The summed E-state index contributed by atoms with van der Waals surface area (Å²) in [6.07, 6.45) is 1.19. The van der Waals surface area contributed by atoms with Gasteiger partial charge in [0.25, 0.3) is 5.91 Å². The molecule has 1 atom stereocenters. The zero-order valence-electron chi connectivity index (χ0n) is 9.97. The van der Waals surface area contributed by atoms with Gasteiger partial charge in [-0.15, -0.1) is 0 Å². The van der Waals surface area contributed by atoms with E-state index in [1.54, 1.807) is 6.92 Å². The molecule has 0 bridgehead atoms. The molecule has 94 valence electrons. The summed E-state index contributed by atoms with van der Waals surface area (Å²) < 4.78 is 4.95. The predicted molar refractivity (Wildman–Crippen MR) is 60.7 cm³/mol. The van der Waals surface area contributed by atoms with Crippen LogP contribution in [0.1, 0.15) is 30.1 Å². The van der Waals surface area contributed by atoms with Crippen molar-refractivity contribution in [3.05, 3.63) is 17.8 Å². The number of aryl methyl sites for hydroxylation is 1. The number of aromatic nitrogens is 1. The van der Waals surface area contributed by atoms with E-state index in [9.17, 15) is 4.79 Å². The Kier molecular flexibility index (Phi) is 4.08. The van der Waals surface area contributed by atoms with Crippen LogP contribution in [0.25, 0.3) is 0 Å². The lowest BCUT2D eigenvalue weighted by atomic mass is 10.0. The summed E-state index contributed by atoms with van der Waals surface area (Å²) in [5.74, 6) is -0.379. The highest BCUT2D eigenvalue weighted by molar-refractivity contribution is 5.97. The number of oxazole rings is 1. The standard InChI is InChI=1S/C10H16N4O3/c1-5(2)7(9(11)14-16)13-10(15)8-6(3)12-4-17-8/h4-5,7,16H,1-3H3,(H2,11,14)(H,13,15). The molecule has 17 heavy (non-hydrogen) atoms. The highest BCUT2D eigenvalue weighted by Gasteiger charge is 2.23. The van der Waals surface area contributed by atoms with Crippen LogP contribution in [0.2, 0.25) is 0 Å². The summed E-state index contributed by atoms with van der Waals surface area (Å²) in [7, 11) is 0. The molecule has 0 spiro atoms. The fourth-order valence-corrected chi connectivity index (χ4v) is 1.37. The Balaban J connectivity index is 2.82. The van der Waals surface area contributed by atoms with Crippen LogP contribution in [-0.2, 0) is 0 Å². The fraction of sp³-hybridized carbons (Fsp3) is 0.500. The third-order valence-corrected chi connectivity index (χ3v) is 2.34. The molecular formula is C10H16N4O3. The molecule has 0 radical (unpaired) electrons. The number of hydrogen-bond donors (Lipinski definition) is 3. The summed E-state index contributed by atoms with van der Waals surface area (Å²) in [6, 6.07) is -0.558. The van der Waals surface area contributed by atoms with Crippen molar-refractivity contribution in [1.82, 2.24) is 10.3 Å². The zero-order chi connectivity index (χ0) is 13.0. The third-order valence-electron chi connectivity index (χ3n) is 2.34. The quantitative estimate of drug-likeness (QED) is 0.306. The average Bonchev–Trinajstić information content (AvgIpc) is 2.70. The molecule has 0 aliphatic carbocycles. The Labute approximate surface area is 98.7 Å². The maximum absolute atomic E-state index is 11.8. The van der Waals surface area contributed by atoms with Crippen LogP contribution in [0, 0.1) is 12.8 Å². The second-order valence-electron chi connectivity index (χ2n) is 3.99. The Morgan fingerprint density at radius 3 is 2.71 bits per heavy atom. The first kappa shape index (κ1) is 13.0. The van der Waals surface area contributed by atoms with E-state index in [2.05, 4.69) is 15.5 Å². The minimum absolute atomic E-state index is 0.0157. The highest BCUT2D eigenvalue weighted by Crippen LogP contribution is 2.07. The van der Waals surface area contributed by atoms with Crippen molar-refractivity contribution in [2.75, 3.05) is 0 Å². The molecule has 4 N–H and O–H groups in total. The lowest BCUT2D eigenvalue weighted by molar-refractivity contribution is 0.0910. The van der Waals surface area contributed by atoms with Crippen LogP contribution < -0.4 is 11.1 Å². The van der Waals surface area contributed by atoms with Gasteiger partial charge in [-0.05, 0) is 12.8 Å². The molecule has 1 unspecified atom stereocenters. The number of carbonyl (C=O) groups excluding carboxylic acids is 1. The first-order valence-electron chi connectivity index (χ1n) is 5.15. The second-order valence-corrected chi connectivity index (χ2v) is 3.99. The van der Waals surface area contributed by atoms with Gasteiger partial charge in [-0.25, -0.2) is 4.98 Å². The molecule has 1 aromatic heterocycles. The first-order valence-corrected chi connectivity index (χ1v) is 5.15. The van der Waals surface area contributed by atoms with Crippen LogP contribution in [0.3, 0.4) is 0 Å². The van der Waals surface area contributed by atoms with Gasteiger partial charge in [-0.3, -0.25) is 4.79 Å². The van der Waals surface area contributed by atoms with E-state index in [4.69, 9.17) is 15.4 Å². The number of rotatable bonds is 4. The molecule has 7 nitrogen and oxygen atoms in total. The molecule has 0 saturated heterocycles. The largest absolute Gasteiger partial charge is 0.438 e. The lowest BCUT2D eigenvalue weighted by Gasteiger charge is -2.20. The Hall–Kier alpha value is -2.05. The molecule has 0 saturated carbocycles. The Bertz CT molecular complexity index is 425. The van der Waals surface area contributed by atoms with Gasteiger partial charge in [0.05, 0.1) is 11.7 Å². The van der Waals surface area contributed by atoms with Crippen LogP contribution in [-0.4, -0.2) is 28.0 Å². The Morgan fingerprint density at radius 1 is 1.65 bits per heavy atom. The molecule has 0 aliphatic heterocycles. The number of amides is 1. The number of oxime groups is 1. The minimum Gasteiger partial charge on any atom is -0.438 e. The number of nitrogens with one attached hydrogen (secondary N) is 1. The number of nitrogens with zero attached hydrogens (tertiary/aromatic N) is 2. The van der Waals surface area contributed by atoms with Gasteiger partial charge in [-0.1, -0.05) is 19.0 Å². The van der Waals surface area contributed by atoms with Crippen LogP contribution in [0.15, 0.2) is 16.0 Å². The van der Waals surface area contributed by atoms with Crippen molar-refractivity contribution in [3.63, 3.8) is 0 Å². The summed E-state index contributed by atoms with van der Waals surface area (Å²) in [5.41, 5.74) is 5.99. The van der Waals surface area contributed by atoms with Gasteiger partial charge in [0.15, 0.2) is 12.2 Å². The smallest absolute Gasteiger partial charge is 0.289 e. The van der Waals surface area contributed by atoms with Gasteiger partial charge < -0.3 is 20.7 Å². The number of hydrogen-bond acceptors (Lipinski definition) is 5. The summed E-state index contributed by atoms with van der Waals surface area (Å²) in [6.45, 7) is 5.35.